The molecular formula is C14H11I. The Morgan fingerprint density at radius 3 is 2.73 bits per heavy atom. The zero-order valence-electron chi connectivity index (χ0n) is 8.55. The number of rotatable bonds is 0. The first-order valence-corrected chi connectivity index (χ1v) is 6.21. The third kappa shape index (κ3) is 1.33. The molecule has 0 radical (unpaired) electrons. The molecule has 0 bridgehead atoms. The van der Waals surface area contributed by atoms with E-state index in [-0.39, 0.29) is 0 Å². The number of hydrogen-bond donors (Lipinski definition) is 0. The van der Waals surface area contributed by atoms with Crippen LogP contribution in [0.25, 0.3) is 11.1 Å². The van der Waals surface area contributed by atoms with Gasteiger partial charge in [0.1, 0.15) is 0 Å². The fraction of sp³-hybridized carbons (Fsp3) is 0.143. The van der Waals surface area contributed by atoms with E-state index in [9.17, 15) is 0 Å². The zero-order chi connectivity index (χ0) is 10.4. The molecule has 0 fully saturated rings. The highest BCUT2D eigenvalue weighted by Crippen LogP contribution is 2.40. The molecule has 0 nitrogen and oxygen atoms in total. The lowest BCUT2D eigenvalue weighted by Gasteiger charge is -2.05. The molecule has 0 amide bonds. The van der Waals surface area contributed by atoms with Crippen molar-refractivity contribution in [3.63, 3.8) is 0 Å². The lowest BCUT2D eigenvalue weighted by atomic mass is 10.0. The molecule has 0 spiro atoms. The Bertz CT molecular complexity index is 541. The molecule has 15 heavy (non-hydrogen) atoms. The molecule has 2 aromatic rings. The molecule has 0 saturated carbocycles. The fourth-order valence-corrected chi connectivity index (χ4v) is 3.11. The van der Waals surface area contributed by atoms with Crippen molar-refractivity contribution in [3.8, 4) is 11.1 Å². The van der Waals surface area contributed by atoms with E-state index in [0.29, 0.717) is 0 Å². The largest absolute Gasteiger partial charge is 0.0617 e. The number of halogens is 1. The fourth-order valence-electron chi connectivity index (χ4n) is 2.42. The van der Waals surface area contributed by atoms with Gasteiger partial charge in [-0.25, -0.2) is 0 Å². The topological polar surface area (TPSA) is 0 Å². The normalized spacial score (nSPS) is 12.4. The summed E-state index contributed by atoms with van der Waals surface area (Å²) in [4.78, 5) is 0. The minimum atomic E-state index is 1.10. The highest BCUT2D eigenvalue weighted by molar-refractivity contribution is 14.1. The summed E-state index contributed by atoms with van der Waals surface area (Å²) in [5.41, 5.74) is 7.28. The van der Waals surface area contributed by atoms with Gasteiger partial charge in [-0.15, -0.1) is 0 Å². The van der Waals surface area contributed by atoms with Crippen molar-refractivity contribution in [3.05, 3.63) is 56.7 Å². The van der Waals surface area contributed by atoms with Gasteiger partial charge in [-0.05, 0) is 69.8 Å². The summed E-state index contributed by atoms with van der Waals surface area (Å²) in [6, 6.07) is 13.2. The summed E-state index contributed by atoms with van der Waals surface area (Å²) in [5.74, 6) is 0. The first-order valence-electron chi connectivity index (χ1n) is 5.13. The highest BCUT2D eigenvalue weighted by Gasteiger charge is 2.20. The molecule has 1 aliphatic carbocycles. The summed E-state index contributed by atoms with van der Waals surface area (Å²) in [5, 5.41) is 0. The van der Waals surface area contributed by atoms with Gasteiger partial charge < -0.3 is 0 Å². The van der Waals surface area contributed by atoms with Crippen LogP contribution in [0.1, 0.15) is 16.7 Å². The monoisotopic (exact) mass is 306 g/mol. The van der Waals surface area contributed by atoms with E-state index in [1.165, 1.54) is 31.4 Å². The molecule has 0 aliphatic heterocycles. The minimum absolute atomic E-state index is 1.10. The number of fused-ring (bicyclic) bond motifs is 3. The van der Waals surface area contributed by atoms with E-state index in [0.717, 1.165) is 6.42 Å². The van der Waals surface area contributed by atoms with Crippen LogP contribution in [-0.2, 0) is 6.42 Å². The van der Waals surface area contributed by atoms with Crippen LogP contribution >= 0.6 is 22.6 Å². The van der Waals surface area contributed by atoms with Crippen LogP contribution in [0.3, 0.4) is 0 Å². The third-order valence-electron chi connectivity index (χ3n) is 3.11. The maximum absolute atomic E-state index is 2.44. The van der Waals surface area contributed by atoms with Crippen LogP contribution in [0.15, 0.2) is 36.4 Å². The summed E-state index contributed by atoms with van der Waals surface area (Å²) in [6.07, 6.45) is 1.10. The van der Waals surface area contributed by atoms with E-state index in [4.69, 9.17) is 0 Å². The van der Waals surface area contributed by atoms with E-state index < -0.39 is 0 Å². The molecule has 1 heteroatoms. The van der Waals surface area contributed by atoms with Gasteiger partial charge in [-0.2, -0.15) is 0 Å². The highest BCUT2D eigenvalue weighted by atomic mass is 127. The predicted molar refractivity (Wildman–Crippen MR) is 72.1 cm³/mol. The van der Waals surface area contributed by atoms with Crippen molar-refractivity contribution in [1.29, 1.82) is 0 Å². The van der Waals surface area contributed by atoms with Gasteiger partial charge >= 0.3 is 0 Å². The van der Waals surface area contributed by atoms with Crippen molar-refractivity contribution in [1.82, 2.24) is 0 Å². The van der Waals surface area contributed by atoms with E-state index in [1.54, 1.807) is 0 Å². The van der Waals surface area contributed by atoms with Gasteiger partial charge in [0.15, 0.2) is 0 Å². The third-order valence-corrected chi connectivity index (χ3v) is 4.13. The molecule has 0 aromatic heterocycles. The Labute approximate surface area is 103 Å². The Hall–Kier alpha value is -0.830. The summed E-state index contributed by atoms with van der Waals surface area (Å²) < 4.78 is 1.39. The van der Waals surface area contributed by atoms with Gasteiger partial charge in [0, 0.05) is 3.57 Å². The van der Waals surface area contributed by atoms with Gasteiger partial charge in [-0.1, -0.05) is 30.3 Å². The van der Waals surface area contributed by atoms with Gasteiger partial charge in [0.2, 0.25) is 0 Å². The van der Waals surface area contributed by atoms with Crippen LogP contribution < -0.4 is 0 Å². The van der Waals surface area contributed by atoms with Crippen molar-refractivity contribution >= 4 is 22.6 Å². The average Bonchev–Trinajstić information content (AvgIpc) is 2.59. The van der Waals surface area contributed by atoms with Gasteiger partial charge in [-0.3, -0.25) is 0 Å². The lowest BCUT2D eigenvalue weighted by molar-refractivity contribution is 1.24. The maximum Gasteiger partial charge on any atom is 0.0171 e. The molecule has 3 rings (SSSR count). The smallest absolute Gasteiger partial charge is 0.0171 e. The molecule has 1 aliphatic rings. The standard InChI is InChI=1S/C14H11I/c1-9-4-2-5-10-8-12-11(14(9)10)6-3-7-13(12)15/h2-7H,8H2,1H3. The summed E-state index contributed by atoms with van der Waals surface area (Å²) in [7, 11) is 0. The van der Waals surface area contributed by atoms with Crippen molar-refractivity contribution in [2.24, 2.45) is 0 Å². The van der Waals surface area contributed by atoms with Gasteiger partial charge in [0.05, 0.1) is 0 Å². The van der Waals surface area contributed by atoms with Crippen molar-refractivity contribution in [2.45, 2.75) is 13.3 Å². The molecule has 0 heterocycles. The Morgan fingerprint density at radius 2 is 1.87 bits per heavy atom. The number of benzene rings is 2. The summed E-state index contributed by atoms with van der Waals surface area (Å²) in [6.45, 7) is 2.20. The van der Waals surface area contributed by atoms with E-state index in [2.05, 4.69) is 65.9 Å². The van der Waals surface area contributed by atoms with Crippen LogP contribution in [0.4, 0.5) is 0 Å². The second-order valence-corrected chi connectivity index (χ2v) is 5.21. The molecule has 0 unspecified atom stereocenters. The maximum atomic E-state index is 2.44. The first-order chi connectivity index (χ1) is 7.27. The quantitative estimate of drug-likeness (QED) is 0.547. The second-order valence-electron chi connectivity index (χ2n) is 4.05. The predicted octanol–water partition coefficient (Wildman–Crippen LogP) is 4.17. The minimum Gasteiger partial charge on any atom is -0.0617 e. The van der Waals surface area contributed by atoms with Gasteiger partial charge in [0.25, 0.3) is 0 Å². The first kappa shape index (κ1) is 9.40. The molecule has 2 aromatic carbocycles. The zero-order valence-corrected chi connectivity index (χ0v) is 10.7. The number of hydrogen-bond acceptors (Lipinski definition) is 0. The molecule has 0 saturated heterocycles. The summed E-state index contributed by atoms with van der Waals surface area (Å²) >= 11 is 2.44. The Balaban J connectivity index is 2.36. The van der Waals surface area contributed by atoms with E-state index in [1.807, 2.05) is 0 Å². The molecular weight excluding hydrogens is 295 g/mol. The van der Waals surface area contributed by atoms with Crippen LogP contribution in [0.5, 0.6) is 0 Å². The van der Waals surface area contributed by atoms with Crippen LogP contribution in [-0.4, -0.2) is 0 Å². The van der Waals surface area contributed by atoms with Crippen LogP contribution in [0.2, 0.25) is 0 Å². The second kappa shape index (κ2) is 3.34. The Kier molecular flexibility index (Phi) is 2.09. The SMILES string of the molecule is Cc1cccc2c1-c1cccc(I)c1C2. The lowest BCUT2D eigenvalue weighted by Crippen LogP contribution is -1.84. The van der Waals surface area contributed by atoms with E-state index >= 15 is 0 Å². The van der Waals surface area contributed by atoms with Crippen LogP contribution in [0, 0.1) is 10.5 Å². The molecule has 74 valence electrons. The Morgan fingerprint density at radius 1 is 1.07 bits per heavy atom. The van der Waals surface area contributed by atoms with Crippen molar-refractivity contribution in [2.75, 3.05) is 0 Å². The number of aryl methyl sites for hydroxylation is 1. The average molecular weight is 306 g/mol. The molecule has 0 N–H and O–H groups in total. The molecule has 0 atom stereocenters. The van der Waals surface area contributed by atoms with Crippen molar-refractivity contribution < 1.29 is 0 Å².